The van der Waals surface area contributed by atoms with Crippen LogP contribution in [-0.2, 0) is 34.5 Å². The van der Waals surface area contributed by atoms with E-state index in [9.17, 15) is 22.8 Å². The van der Waals surface area contributed by atoms with Gasteiger partial charge in [0.1, 0.15) is 17.5 Å². The number of hydrogen-bond donors (Lipinski definition) is 2. The second-order valence-electron chi connectivity index (χ2n) is 12.4. The second-order valence-corrected chi connectivity index (χ2v) is 14.1. The topological polar surface area (TPSA) is 157 Å². The summed E-state index contributed by atoms with van der Waals surface area (Å²) in [5.41, 5.74) is 2.85. The average molecular weight is 651 g/mol. The van der Waals surface area contributed by atoms with Gasteiger partial charge in [0.25, 0.3) is 10.0 Å². The highest BCUT2D eigenvalue weighted by molar-refractivity contribution is 7.89. The maximum absolute atomic E-state index is 13.0. The third kappa shape index (κ3) is 7.04. The van der Waals surface area contributed by atoms with Gasteiger partial charge in [-0.1, -0.05) is 47.6 Å². The number of sulfonamides is 1. The number of rotatable bonds is 11. The maximum Gasteiger partial charge on any atom is 0.412 e. The molecule has 2 aromatic carbocycles. The Balaban J connectivity index is 1.02. The number of aromatic nitrogens is 1. The summed E-state index contributed by atoms with van der Waals surface area (Å²) in [5, 5.41) is 6.96. The van der Waals surface area contributed by atoms with Crippen molar-refractivity contribution in [3.05, 3.63) is 77.2 Å². The highest BCUT2D eigenvalue weighted by Gasteiger charge is 2.52. The van der Waals surface area contributed by atoms with Crippen LogP contribution < -0.4 is 14.9 Å². The van der Waals surface area contributed by atoms with Crippen LogP contribution in [0.25, 0.3) is 0 Å². The van der Waals surface area contributed by atoms with E-state index in [4.69, 9.17) is 14.0 Å². The number of esters is 1. The summed E-state index contributed by atoms with van der Waals surface area (Å²) in [5.74, 6) is -1.54. The Bertz CT molecular complexity index is 1690. The zero-order valence-electron chi connectivity index (χ0n) is 25.9. The van der Waals surface area contributed by atoms with Gasteiger partial charge in [0.05, 0.1) is 11.3 Å². The lowest BCUT2D eigenvalue weighted by Crippen LogP contribution is -2.40. The molecule has 1 aromatic heterocycles. The minimum Gasteiger partial charge on any atom is -0.447 e. The fourth-order valence-electron chi connectivity index (χ4n) is 5.91. The van der Waals surface area contributed by atoms with E-state index in [1.807, 2.05) is 61.5 Å². The van der Waals surface area contributed by atoms with Crippen molar-refractivity contribution in [1.82, 2.24) is 9.88 Å². The Kier molecular flexibility index (Phi) is 8.78. The third-order valence-corrected chi connectivity index (χ3v) is 9.94. The number of anilines is 2. The molecule has 1 saturated heterocycles. The van der Waals surface area contributed by atoms with E-state index in [-0.39, 0.29) is 11.8 Å². The van der Waals surface area contributed by atoms with E-state index in [2.05, 4.69) is 20.1 Å². The number of aryl methyl sites for hydroxylation is 1. The fraction of sp³-hybridized carbons (Fsp3) is 0.455. The summed E-state index contributed by atoms with van der Waals surface area (Å²) in [6.45, 7) is 5.08. The average Bonchev–Trinajstić information content (AvgIpc) is 3.99. The third-order valence-electron chi connectivity index (χ3n) is 9.02. The van der Waals surface area contributed by atoms with E-state index in [1.54, 1.807) is 6.92 Å². The molecule has 244 valence electrons. The number of amides is 2. The maximum atomic E-state index is 13.0. The van der Waals surface area contributed by atoms with Crippen LogP contribution >= 0.6 is 0 Å². The molecule has 2 saturated carbocycles. The van der Waals surface area contributed by atoms with E-state index < -0.39 is 45.5 Å². The van der Waals surface area contributed by atoms with Gasteiger partial charge in [-0.15, -0.1) is 0 Å². The van der Waals surface area contributed by atoms with Gasteiger partial charge in [0, 0.05) is 24.7 Å². The van der Waals surface area contributed by atoms with Crippen LogP contribution in [0, 0.1) is 12.8 Å². The van der Waals surface area contributed by atoms with Gasteiger partial charge in [-0.25, -0.2) is 17.9 Å². The van der Waals surface area contributed by atoms with Gasteiger partial charge in [-0.2, -0.15) is 0 Å². The summed E-state index contributed by atoms with van der Waals surface area (Å²) in [6.07, 6.45) is 3.04. The minimum absolute atomic E-state index is 0.0579. The standard InChI is InChI=1S/C33H38N4O8S/c1-21-28(34-32(40)44-22(2)23-6-4-3-5-7-23)29(45-35-21)24-14-18-37(19-15-24)27-12-10-26(11-13-27)33(16-17-33)31(39)36-46(41,42)20-43-30(38)25-8-9-25/h3-7,10-13,22,24-25H,8-9,14-20H2,1-2H3,(H,34,40)(H,36,39)/t22-/m1/s1. The number of nitrogens with zero attached hydrogens (tertiary/aromatic N) is 2. The Morgan fingerprint density at radius 2 is 1.70 bits per heavy atom. The van der Waals surface area contributed by atoms with E-state index in [1.165, 1.54) is 0 Å². The summed E-state index contributed by atoms with van der Waals surface area (Å²) < 4.78 is 43.0. The molecule has 2 amide bonds. The zero-order chi connectivity index (χ0) is 32.5. The highest BCUT2D eigenvalue weighted by Crippen LogP contribution is 2.49. The molecule has 3 aliphatic rings. The molecule has 0 spiro atoms. The minimum atomic E-state index is -4.10. The number of ether oxygens (including phenoxy) is 2. The largest absolute Gasteiger partial charge is 0.447 e. The summed E-state index contributed by atoms with van der Waals surface area (Å²) >= 11 is 0. The van der Waals surface area contributed by atoms with Crippen LogP contribution in [0.3, 0.4) is 0 Å². The Labute approximate surface area is 267 Å². The molecule has 13 heteroatoms. The summed E-state index contributed by atoms with van der Waals surface area (Å²) in [6, 6.07) is 17.2. The van der Waals surface area contributed by atoms with Gasteiger partial charge in [0.2, 0.25) is 11.8 Å². The van der Waals surface area contributed by atoms with Crippen LogP contribution in [0.15, 0.2) is 59.1 Å². The predicted molar refractivity (Wildman–Crippen MR) is 168 cm³/mol. The number of carbonyl (C=O) groups excluding carboxylic acids is 3. The molecule has 1 atom stereocenters. The Morgan fingerprint density at radius 3 is 2.33 bits per heavy atom. The van der Waals surface area contributed by atoms with E-state index in [0.717, 1.165) is 42.7 Å². The van der Waals surface area contributed by atoms with Crippen LogP contribution in [0.2, 0.25) is 0 Å². The SMILES string of the molecule is Cc1noc(C2CCN(c3ccc(C4(C(=O)NS(=O)(=O)COC(=O)C5CC5)CC4)cc3)CC2)c1NC(=O)O[C@H](C)c1ccccc1. The molecule has 3 aromatic rings. The van der Waals surface area contributed by atoms with Crippen molar-refractivity contribution in [3.63, 3.8) is 0 Å². The van der Waals surface area contributed by atoms with Gasteiger partial charge in [-0.05, 0) is 75.6 Å². The van der Waals surface area contributed by atoms with Crippen LogP contribution in [0.5, 0.6) is 0 Å². The summed E-state index contributed by atoms with van der Waals surface area (Å²) in [7, 11) is -4.10. The van der Waals surface area contributed by atoms with Gasteiger partial charge in [0.15, 0.2) is 5.76 Å². The quantitative estimate of drug-likeness (QED) is 0.269. The van der Waals surface area contributed by atoms with Crippen molar-refractivity contribution >= 4 is 39.4 Å². The lowest BCUT2D eigenvalue weighted by atomic mass is 9.92. The van der Waals surface area contributed by atoms with Gasteiger partial charge in [-0.3, -0.25) is 14.9 Å². The molecule has 0 radical (unpaired) electrons. The van der Waals surface area contributed by atoms with Crippen LogP contribution in [0.1, 0.15) is 80.1 Å². The molecule has 6 rings (SSSR count). The molecular weight excluding hydrogens is 612 g/mol. The highest BCUT2D eigenvalue weighted by atomic mass is 32.2. The molecule has 2 N–H and O–H groups in total. The smallest absolute Gasteiger partial charge is 0.412 e. The molecule has 46 heavy (non-hydrogen) atoms. The Hall–Kier alpha value is -4.39. The normalized spacial score (nSPS) is 18.3. The van der Waals surface area contributed by atoms with Crippen molar-refractivity contribution in [2.75, 3.05) is 29.2 Å². The fourth-order valence-corrected chi connectivity index (χ4v) is 6.71. The van der Waals surface area contributed by atoms with Crippen molar-refractivity contribution in [2.24, 2.45) is 5.92 Å². The first-order valence-corrected chi connectivity index (χ1v) is 17.3. The molecule has 0 bridgehead atoms. The second kappa shape index (κ2) is 12.8. The van der Waals surface area contributed by atoms with Crippen LogP contribution in [0.4, 0.5) is 16.2 Å². The zero-order valence-corrected chi connectivity index (χ0v) is 26.7. The van der Waals surface area contributed by atoms with E-state index >= 15 is 0 Å². The number of piperidine rings is 1. The van der Waals surface area contributed by atoms with Gasteiger partial charge < -0.3 is 18.9 Å². The van der Waals surface area contributed by atoms with Crippen LogP contribution in [-0.4, -0.2) is 50.6 Å². The summed E-state index contributed by atoms with van der Waals surface area (Å²) in [4.78, 5) is 39.7. The van der Waals surface area contributed by atoms with Crippen molar-refractivity contribution in [2.45, 2.75) is 69.8 Å². The molecular formula is C33H38N4O8S. The lowest BCUT2D eigenvalue weighted by molar-refractivity contribution is -0.143. The molecule has 2 heterocycles. The van der Waals surface area contributed by atoms with Crippen molar-refractivity contribution in [1.29, 1.82) is 0 Å². The first-order chi connectivity index (χ1) is 22.0. The van der Waals surface area contributed by atoms with Gasteiger partial charge >= 0.3 is 12.1 Å². The lowest BCUT2D eigenvalue weighted by Gasteiger charge is -2.33. The molecule has 0 unspecified atom stereocenters. The first-order valence-electron chi connectivity index (χ1n) is 15.6. The number of benzene rings is 2. The molecule has 12 nitrogen and oxygen atoms in total. The number of nitrogens with one attached hydrogen (secondary N) is 2. The number of hydrogen-bond acceptors (Lipinski definition) is 10. The number of carbonyl (C=O) groups is 3. The molecule has 1 aliphatic heterocycles. The monoisotopic (exact) mass is 650 g/mol. The van der Waals surface area contributed by atoms with E-state index in [0.29, 0.717) is 42.8 Å². The molecule has 2 aliphatic carbocycles. The Morgan fingerprint density at radius 1 is 1.02 bits per heavy atom. The predicted octanol–water partition coefficient (Wildman–Crippen LogP) is 5.07. The van der Waals surface area contributed by atoms with Crippen molar-refractivity contribution < 1.29 is 36.8 Å². The van der Waals surface area contributed by atoms with Crippen molar-refractivity contribution in [3.8, 4) is 0 Å². The first kappa shape index (κ1) is 31.6. The molecule has 3 fully saturated rings.